The van der Waals surface area contributed by atoms with Crippen LogP contribution in [0.5, 0.6) is 0 Å². The zero-order valence-corrected chi connectivity index (χ0v) is 8.72. The van der Waals surface area contributed by atoms with Crippen LogP contribution in [-0.2, 0) is 14.3 Å². The maximum absolute atomic E-state index is 10.9. The van der Waals surface area contributed by atoms with E-state index in [1.807, 2.05) is 0 Å². The van der Waals surface area contributed by atoms with Crippen molar-refractivity contribution in [2.45, 2.75) is 19.8 Å². The number of methoxy groups -OCH3 is 2. The lowest BCUT2D eigenvalue weighted by Gasteiger charge is -2.18. The van der Waals surface area contributed by atoms with Gasteiger partial charge in [-0.2, -0.15) is 0 Å². The van der Waals surface area contributed by atoms with Gasteiger partial charge in [-0.25, -0.2) is 0 Å². The highest BCUT2D eigenvalue weighted by atomic mass is 16.5. The fraction of sp³-hybridized carbons (Fsp3) is 0.500. The van der Waals surface area contributed by atoms with Crippen molar-refractivity contribution in [3.8, 4) is 0 Å². The number of ether oxygens (including phenoxy) is 2. The van der Waals surface area contributed by atoms with Crippen molar-refractivity contribution in [1.29, 1.82) is 0 Å². The molecule has 4 heteroatoms. The average Bonchev–Trinajstić information content (AvgIpc) is 2.16. The topological polar surface area (TPSA) is 47.6 Å². The van der Waals surface area contributed by atoms with E-state index in [-0.39, 0.29) is 5.91 Å². The van der Waals surface area contributed by atoms with Crippen molar-refractivity contribution < 1.29 is 14.3 Å². The molecule has 78 valence electrons. The van der Waals surface area contributed by atoms with E-state index >= 15 is 0 Å². The van der Waals surface area contributed by atoms with Crippen molar-refractivity contribution >= 4 is 5.91 Å². The number of carbonyl (C=O) groups is 1. The van der Waals surface area contributed by atoms with Gasteiger partial charge >= 0.3 is 0 Å². The first kappa shape index (κ1) is 10.6. The third kappa shape index (κ3) is 2.52. The van der Waals surface area contributed by atoms with Crippen LogP contribution in [-0.4, -0.2) is 20.1 Å². The van der Waals surface area contributed by atoms with Gasteiger partial charge in [-0.1, -0.05) is 0 Å². The summed E-state index contributed by atoms with van der Waals surface area (Å²) in [5.41, 5.74) is 0.697. The van der Waals surface area contributed by atoms with Crippen LogP contribution in [0.15, 0.2) is 23.3 Å². The molecule has 0 spiro atoms. The van der Waals surface area contributed by atoms with Crippen LogP contribution in [0.1, 0.15) is 19.8 Å². The van der Waals surface area contributed by atoms with Crippen molar-refractivity contribution in [2.75, 3.05) is 14.2 Å². The molecule has 1 N–H and O–H groups in total. The molecular formula is C10H15NO3. The molecule has 0 atom stereocenters. The molecule has 4 nitrogen and oxygen atoms in total. The quantitative estimate of drug-likeness (QED) is 0.742. The van der Waals surface area contributed by atoms with Crippen LogP contribution >= 0.6 is 0 Å². The SMILES string of the molecule is COC1=CC(NC(C)=O)=C(OC)CC1. The zero-order chi connectivity index (χ0) is 10.6. The second kappa shape index (κ2) is 4.69. The van der Waals surface area contributed by atoms with E-state index < -0.39 is 0 Å². The van der Waals surface area contributed by atoms with Gasteiger partial charge in [0.05, 0.1) is 25.7 Å². The lowest BCUT2D eigenvalue weighted by Crippen LogP contribution is -2.22. The van der Waals surface area contributed by atoms with Gasteiger partial charge in [0.1, 0.15) is 5.76 Å². The van der Waals surface area contributed by atoms with Crippen molar-refractivity contribution in [2.24, 2.45) is 0 Å². The first-order chi connectivity index (χ1) is 6.67. The Morgan fingerprint density at radius 3 is 2.57 bits per heavy atom. The summed E-state index contributed by atoms with van der Waals surface area (Å²) >= 11 is 0. The van der Waals surface area contributed by atoms with Gasteiger partial charge in [0.25, 0.3) is 0 Å². The molecule has 14 heavy (non-hydrogen) atoms. The highest BCUT2D eigenvalue weighted by Gasteiger charge is 2.15. The molecule has 1 aliphatic rings. The van der Waals surface area contributed by atoms with Gasteiger partial charge in [-0.15, -0.1) is 0 Å². The number of amides is 1. The fourth-order valence-electron chi connectivity index (χ4n) is 1.35. The van der Waals surface area contributed by atoms with E-state index in [4.69, 9.17) is 9.47 Å². The lowest BCUT2D eigenvalue weighted by atomic mass is 10.1. The van der Waals surface area contributed by atoms with E-state index in [9.17, 15) is 4.79 Å². The Balaban J connectivity index is 2.86. The van der Waals surface area contributed by atoms with Gasteiger partial charge in [0, 0.05) is 25.8 Å². The third-order valence-electron chi connectivity index (χ3n) is 2.02. The predicted molar refractivity (Wildman–Crippen MR) is 52.2 cm³/mol. The van der Waals surface area contributed by atoms with Crippen LogP contribution in [0, 0.1) is 0 Å². The molecule has 1 amide bonds. The monoisotopic (exact) mass is 197 g/mol. The minimum atomic E-state index is -0.108. The van der Waals surface area contributed by atoms with Gasteiger partial charge in [0.2, 0.25) is 5.91 Å². The molecule has 0 bridgehead atoms. The zero-order valence-electron chi connectivity index (χ0n) is 8.72. The highest BCUT2D eigenvalue weighted by Crippen LogP contribution is 2.23. The first-order valence-electron chi connectivity index (χ1n) is 4.46. The summed E-state index contributed by atoms with van der Waals surface area (Å²) in [6.07, 6.45) is 3.36. The molecule has 0 saturated heterocycles. The maximum Gasteiger partial charge on any atom is 0.221 e. The van der Waals surface area contributed by atoms with Crippen molar-refractivity contribution in [1.82, 2.24) is 5.32 Å². The summed E-state index contributed by atoms with van der Waals surface area (Å²) in [5.74, 6) is 1.54. The lowest BCUT2D eigenvalue weighted by molar-refractivity contribution is -0.118. The molecule has 1 aliphatic carbocycles. The van der Waals surface area contributed by atoms with Crippen molar-refractivity contribution in [3.05, 3.63) is 23.3 Å². The average molecular weight is 197 g/mol. The van der Waals surface area contributed by atoms with Gasteiger partial charge in [0.15, 0.2) is 0 Å². The molecule has 1 rings (SSSR count). The number of carbonyl (C=O) groups excluding carboxylic acids is 1. The highest BCUT2D eigenvalue weighted by molar-refractivity contribution is 5.75. The summed E-state index contributed by atoms with van der Waals surface area (Å²) in [6, 6.07) is 0. The van der Waals surface area contributed by atoms with E-state index in [2.05, 4.69) is 5.32 Å². The number of nitrogens with one attached hydrogen (secondary N) is 1. The van der Waals surface area contributed by atoms with Crippen LogP contribution in [0.4, 0.5) is 0 Å². The van der Waals surface area contributed by atoms with Crippen LogP contribution in [0.25, 0.3) is 0 Å². The number of hydrogen-bond acceptors (Lipinski definition) is 3. The molecule has 0 aliphatic heterocycles. The first-order valence-corrected chi connectivity index (χ1v) is 4.46. The van der Waals surface area contributed by atoms with E-state index in [1.165, 1.54) is 6.92 Å². The predicted octanol–water partition coefficient (Wildman–Crippen LogP) is 1.30. The molecule has 0 fully saturated rings. The largest absolute Gasteiger partial charge is 0.501 e. The number of rotatable bonds is 3. The Bertz CT molecular complexity index is 292. The smallest absolute Gasteiger partial charge is 0.221 e. The Morgan fingerprint density at radius 2 is 2.07 bits per heavy atom. The second-order valence-electron chi connectivity index (χ2n) is 3.04. The van der Waals surface area contributed by atoms with E-state index in [0.717, 1.165) is 24.4 Å². The standard InChI is InChI=1S/C10H15NO3/c1-7(12)11-9-6-8(13-2)4-5-10(9)14-3/h6H,4-5H2,1-3H3,(H,11,12). The van der Waals surface area contributed by atoms with Crippen LogP contribution in [0.2, 0.25) is 0 Å². The molecule has 0 saturated carbocycles. The molecule has 0 aromatic carbocycles. The minimum Gasteiger partial charge on any atom is -0.501 e. The van der Waals surface area contributed by atoms with Crippen LogP contribution < -0.4 is 5.32 Å². The van der Waals surface area contributed by atoms with E-state index in [0.29, 0.717) is 5.70 Å². The van der Waals surface area contributed by atoms with Gasteiger partial charge < -0.3 is 14.8 Å². The second-order valence-corrected chi connectivity index (χ2v) is 3.04. The van der Waals surface area contributed by atoms with Gasteiger partial charge in [-0.05, 0) is 0 Å². The fourth-order valence-corrected chi connectivity index (χ4v) is 1.35. The third-order valence-corrected chi connectivity index (χ3v) is 2.02. The molecule has 0 aromatic rings. The number of hydrogen-bond donors (Lipinski definition) is 1. The minimum absolute atomic E-state index is 0.108. The maximum atomic E-state index is 10.9. The summed E-state index contributed by atoms with van der Waals surface area (Å²) in [7, 11) is 3.22. The molecule has 0 aromatic heterocycles. The Kier molecular flexibility index (Phi) is 3.56. The summed E-state index contributed by atoms with van der Waals surface area (Å²) in [4.78, 5) is 10.9. The van der Waals surface area contributed by atoms with Crippen LogP contribution in [0.3, 0.4) is 0 Å². The summed E-state index contributed by atoms with van der Waals surface area (Å²) in [6.45, 7) is 1.47. The summed E-state index contributed by atoms with van der Waals surface area (Å²) in [5, 5.41) is 2.71. The van der Waals surface area contributed by atoms with E-state index in [1.54, 1.807) is 20.3 Å². The normalized spacial score (nSPS) is 16.1. The Labute approximate surface area is 83.6 Å². The Morgan fingerprint density at radius 1 is 1.36 bits per heavy atom. The molecule has 0 radical (unpaired) electrons. The summed E-state index contributed by atoms with van der Waals surface area (Å²) < 4.78 is 10.3. The van der Waals surface area contributed by atoms with Crippen molar-refractivity contribution in [3.63, 3.8) is 0 Å². The molecule has 0 heterocycles. The molecule has 0 unspecified atom stereocenters. The molecular weight excluding hydrogens is 182 g/mol. The van der Waals surface area contributed by atoms with Gasteiger partial charge in [-0.3, -0.25) is 4.79 Å². The Hall–Kier alpha value is -1.45. The number of allylic oxidation sites excluding steroid dienone is 3.